The van der Waals surface area contributed by atoms with Crippen LogP contribution in [0.25, 0.3) is 11.7 Å². The van der Waals surface area contributed by atoms with Crippen molar-refractivity contribution in [3.63, 3.8) is 0 Å². The molecule has 0 unspecified atom stereocenters. The molecule has 0 radical (unpaired) electrons. The molecule has 4 rings (SSSR count). The van der Waals surface area contributed by atoms with Gasteiger partial charge in [-0.3, -0.25) is 18.8 Å². The zero-order valence-corrected chi connectivity index (χ0v) is 27.6. The topological polar surface area (TPSA) is 125 Å². The number of fused-ring (bicyclic) bond motifs is 1. The molecule has 2 heterocycles. The molecule has 232 valence electrons. The summed E-state index contributed by atoms with van der Waals surface area (Å²) in [5.41, 5.74) is 3.46. The minimum absolute atomic E-state index is 0. The predicted octanol–water partition coefficient (Wildman–Crippen LogP) is 5.23. The molecule has 0 saturated carbocycles. The summed E-state index contributed by atoms with van der Waals surface area (Å²) in [6.45, 7) is 1.66. The average molecular weight is 726 g/mol. The van der Waals surface area contributed by atoms with Crippen molar-refractivity contribution in [3.05, 3.63) is 97.8 Å². The zero-order valence-electron chi connectivity index (χ0n) is 23.6. The number of imidazole rings is 1. The predicted molar refractivity (Wildman–Crippen MR) is 177 cm³/mol. The third kappa shape index (κ3) is 8.30. The Hall–Kier alpha value is -3.61. The van der Waals surface area contributed by atoms with Gasteiger partial charge in [0.15, 0.2) is 11.4 Å². The van der Waals surface area contributed by atoms with Crippen LogP contribution in [0.2, 0.25) is 10.0 Å². The van der Waals surface area contributed by atoms with Crippen LogP contribution in [0.4, 0.5) is 5.69 Å². The van der Waals surface area contributed by atoms with Crippen molar-refractivity contribution in [2.75, 3.05) is 31.6 Å². The summed E-state index contributed by atoms with van der Waals surface area (Å²) in [7, 11) is 1.55. The van der Waals surface area contributed by atoms with Gasteiger partial charge < -0.3 is 25.4 Å². The molecule has 4 aromatic rings. The molecule has 3 amide bonds. The highest BCUT2D eigenvalue weighted by molar-refractivity contribution is 9.10. The van der Waals surface area contributed by atoms with E-state index in [0.717, 1.165) is 10.3 Å². The molecule has 2 aromatic carbocycles. The largest absolute Gasteiger partial charge is 0.485 e. The van der Waals surface area contributed by atoms with Gasteiger partial charge >= 0.3 is 0 Å². The van der Waals surface area contributed by atoms with E-state index in [9.17, 15) is 14.4 Å². The number of carbonyl (C=O) groups is 3. The van der Waals surface area contributed by atoms with E-state index in [-0.39, 0.29) is 49.6 Å². The maximum absolute atomic E-state index is 12.9. The molecule has 14 heteroatoms. The first kappa shape index (κ1) is 34.9. The van der Waals surface area contributed by atoms with Crippen molar-refractivity contribution in [1.82, 2.24) is 20.0 Å². The lowest BCUT2D eigenvalue weighted by Crippen LogP contribution is -2.37. The number of carbonyl (C=O) groups excluding carboxylic acids is 3. The van der Waals surface area contributed by atoms with E-state index in [1.165, 1.54) is 11.0 Å². The molecule has 0 aliphatic rings. The number of pyridine rings is 1. The fourth-order valence-corrected chi connectivity index (χ4v) is 5.01. The van der Waals surface area contributed by atoms with Gasteiger partial charge in [-0.2, -0.15) is 0 Å². The van der Waals surface area contributed by atoms with Gasteiger partial charge in [0.05, 0.1) is 29.6 Å². The number of aryl methyl sites for hydroxylation is 1. The molecule has 0 atom stereocenters. The van der Waals surface area contributed by atoms with Crippen LogP contribution >= 0.6 is 51.5 Å². The van der Waals surface area contributed by atoms with Crippen molar-refractivity contribution in [1.29, 1.82) is 0 Å². The molecule has 0 bridgehead atoms. The Kier molecular flexibility index (Phi) is 12.6. The van der Waals surface area contributed by atoms with Gasteiger partial charge in [-0.05, 0) is 70.9 Å². The number of anilines is 1. The summed E-state index contributed by atoms with van der Waals surface area (Å²) in [6, 6.07) is 13.4. The Balaban J connectivity index is 0.00000529. The number of aliphatic hydroxyl groups excluding tert-OH is 1. The number of ether oxygens (including phenoxy) is 1. The molecular weight excluding hydrogens is 697 g/mol. The highest BCUT2D eigenvalue weighted by Crippen LogP contribution is 2.35. The fraction of sp³-hybridized carbons (Fsp3) is 0.200. The van der Waals surface area contributed by atoms with Crippen LogP contribution in [0.5, 0.6) is 5.75 Å². The zero-order chi connectivity index (χ0) is 31.1. The van der Waals surface area contributed by atoms with Crippen molar-refractivity contribution < 1.29 is 24.2 Å². The van der Waals surface area contributed by atoms with Crippen LogP contribution in [-0.4, -0.2) is 59.0 Å². The average Bonchev–Trinajstić information content (AvgIpc) is 3.30. The molecule has 0 spiro atoms. The first-order chi connectivity index (χ1) is 20.6. The molecule has 2 aromatic heterocycles. The third-order valence-electron chi connectivity index (χ3n) is 6.40. The second kappa shape index (κ2) is 15.9. The Morgan fingerprint density at radius 2 is 1.84 bits per heavy atom. The lowest BCUT2D eigenvalue weighted by molar-refractivity contribution is -0.122. The Labute approximate surface area is 278 Å². The Morgan fingerprint density at radius 1 is 1.11 bits per heavy atom. The lowest BCUT2D eigenvalue weighted by atomic mass is 10.1. The highest BCUT2D eigenvalue weighted by Gasteiger charge is 2.20. The molecule has 44 heavy (non-hydrogen) atoms. The summed E-state index contributed by atoms with van der Waals surface area (Å²) in [6.07, 6.45) is 4.72. The first-order valence-electron chi connectivity index (χ1n) is 13.0. The number of benzene rings is 2. The molecular formula is C30H29BrCl3N5O5. The quantitative estimate of drug-likeness (QED) is 0.182. The number of aliphatic hydroxyl groups is 1. The lowest BCUT2D eigenvalue weighted by Gasteiger charge is -2.21. The fourth-order valence-electron chi connectivity index (χ4n) is 4.03. The number of halogens is 4. The molecule has 3 N–H and O–H groups in total. The van der Waals surface area contributed by atoms with E-state index in [1.54, 1.807) is 55.6 Å². The SMILES string of the molecule is Cc1nc2c(OCc3c(Cl)ccc(N(C)C(=O)CNC(=O)/C=C/c4ccc(C(=O)NCCO)cc4)c3Cl)cccn2c1Br.Cl. The Morgan fingerprint density at radius 3 is 2.55 bits per heavy atom. The maximum Gasteiger partial charge on any atom is 0.251 e. The summed E-state index contributed by atoms with van der Waals surface area (Å²) < 4.78 is 8.72. The van der Waals surface area contributed by atoms with Gasteiger partial charge in [-0.25, -0.2) is 4.98 Å². The van der Waals surface area contributed by atoms with Crippen LogP contribution < -0.4 is 20.3 Å². The van der Waals surface area contributed by atoms with Crippen molar-refractivity contribution in [2.45, 2.75) is 13.5 Å². The minimum Gasteiger partial charge on any atom is -0.485 e. The second-order valence-electron chi connectivity index (χ2n) is 9.31. The number of nitrogens with zero attached hydrogens (tertiary/aromatic N) is 3. The van der Waals surface area contributed by atoms with E-state index < -0.39 is 11.8 Å². The smallest absolute Gasteiger partial charge is 0.251 e. The van der Waals surface area contributed by atoms with E-state index >= 15 is 0 Å². The van der Waals surface area contributed by atoms with E-state index in [1.807, 2.05) is 23.6 Å². The van der Waals surface area contributed by atoms with Gasteiger partial charge in [0, 0.05) is 42.0 Å². The number of likely N-dealkylation sites (N-methyl/N-ethyl adjacent to an activating group) is 1. The molecule has 0 aliphatic heterocycles. The van der Waals surface area contributed by atoms with Crippen molar-refractivity contribution >= 4 is 86.7 Å². The molecule has 0 fully saturated rings. The van der Waals surface area contributed by atoms with Crippen LogP contribution in [0, 0.1) is 6.92 Å². The van der Waals surface area contributed by atoms with Gasteiger partial charge in [0.2, 0.25) is 11.8 Å². The summed E-state index contributed by atoms with van der Waals surface area (Å²) in [5.74, 6) is -0.647. The molecule has 10 nitrogen and oxygen atoms in total. The van der Waals surface area contributed by atoms with Crippen LogP contribution in [0.1, 0.15) is 27.2 Å². The minimum atomic E-state index is -0.474. The standard InChI is InChI=1S/C30H28BrCl2N5O5.ClH/c1-18-28(31)38-14-3-4-24(29(38)36-18)43-17-21-22(32)10-11-23(27(21)33)37(2)26(41)16-35-25(40)12-7-19-5-8-20(9-6-19)30(42)34-13-15-39;/h3-12,14,39H,13,15-17H2,1-2H3,(H,34,42)(H,35,40);1H/b12-7+;. The van der Waals surface area contributed by atoms with Gasteiger partial charge in [0.25, 0.3) is 5.91 Å². The molecule has 0 saturated heterocycles. The number of nitrogens with one attached hydrogen (secondary N) is 2. The van der Waals surface area contributed by atoms with Crippen molar-refractivity contribution in [2.24, 2.45) is 0 Å². The van der Waals surface area contributed by atoms with Gasteiger partial charge in [-0.15, -0.1) is 12.4 Å². The van der Waals surface area contributed by atoms with Crippen molar-refractivity contribution in [3.8, 4) is 5.75 Å². The first-order valence-corrected chi connectivity index (χ1v) is 14.6. The normalized spacial score (nSPS) is 10.9. The van der Waals surface area contributed by atoms with E-state index in [2.05, 4.69) is 31.5 Å². The van der Waals surface area contributed by atoms with E-state index in [4.69, 9.17) is 33.0 Å². The number of hydrogen-bond acceptors (Lipinski definition) is 6. The number of aromatic nitrogens is 2. The van der Waals surface area contributed by atoms with Crippen LogP contribution in [-0.2, 0) is 16.2 Å². The number of hydrogen-bond donors (Lipinski definition) is 3. The summed E-state index contributed by atoms with van der Waals surface area (Å²) in [5, 5.41) is 14.6. The van der Waals surface area contributed by atoms with Crippen LogP contribution in [0.15, 0.2) is 65.4 Å². The summed E-state index contributed by atoms with van der Waals surface area (Å²) >= 11 is 16.6. The monoisotopic (exact) mass is 723 g/mol. The third-order valence-corrected chi connectivity index (χ3v) is 8.13. The highest BCUT2D eigenvalue weighted by atomic mass is 79.9. The molecule has 0 aliphatic carbocycles. The Bertz CT molecular complexity index is 1690. The van der Waals surface area contributed by atoms with Crippen LogP contribution in [0.3, 0.4) is 0 Å². The summed E-state index contributed by atoms with van der Waals surface area (Å²) in [4.78, 5) is 43.0. The van der Waals surface area contributed by atoms with E-state index in [0.29, 0.717) is 38.8 Å². The maximum atomic E-state index is 12.9. The number of rotatable bonds is 11. The van der Waals surface area contributed by atoms with Gasteiger partial charge in [-0.1, -0.05) is 35.3 Å². The number of amides is 3. The second-order valence-corrected chi connectivity index (χ2v) is 10.8. The van der Waals surface area contributed by atoms with Gasteiger partial charge in [0.1, 0.15) is 11.2 Å².